The van der Waals surface area contributed by atoms with E-state index in [0.29, 0.717) is 6.42 Å². The van der Waals surface area contributed by atoms with Crippen LogP contribution in [0.2, 0.25) is 0 Å². The predicted molar refractivity (Wildman–Crippen MR) is 98.3 cm³/mol. The van der Waals surface area contributed by atoms with Crippen molar-refractivity contribution in [3.8, 4) is 0 Å². The van der Waals surface area contributed by atoms with Crippen molar-refractivity contribution in [3.05, 3.63) is 48.0 Å². The Morgan fingerprint density at radius 3 is 2.65 bits per heavy atom. The molecule has 0 spiro atoms. The Kier molecular flexibility index (Phi) is 5.13. The first-order valence-electron chi connectivity index (χ1n) is 8.45. The van der Waals surface area contributed by atoms with Crippen molar-refractivity contribution < 1.29 is 9.63 Å². The van der Waals surface area contributed by atoms with Gasteiger partial charge in [-0.1, -0.05) is 30.3 Å². The Morgan fingerprint density at radius 2 is 1.96 bits per heavy atom. The molecule has 0 bridgehead atoms. The van der Waals surface area contributed by atoms with Gasteiger partial charge in [0.25, 0.3) is 0 Å². The van der Waals surface area contributed by atoms with E-state index in [0.717, 1.165) is 24.9 Å². The molecule has 8 nitrogen and oxygen atoms in total. The first-order valence-corrected chi connectivity index (χ1v) is 8.45. The first kappa shape index (κ1) is 17.8. The van der Waals surface area contributed by atoms with Crippen LogP contribution in [-0.2, 0) is 15.2 Å². The van der Waals surface area contributed by atoms with E-state index in [1.54, 1.807) is 12.1 Å². The summed E-state index contributed by atoms with van der Waals surface area (Å²) in [5, 5.41) is 7.45. The number of benzene rings is 1. The summed E-state index contributed by atoms with van der Waals surface area (Å²) in [5.74, 6) is -0.0562. The molecule has 2 aromatic rings. The molecule has 1 fully saturated rings. The van der Waals surface area contributed by atoms with Crippen LogP contribution in [0.3, 0.4) is 0 Å². The maximum atomic E-state index is 13.0. The van der Waals surface area contributed by atoms with Crippen LogP contribution in [-0.4, -0.2) is 29.4 Å². The van der Waals surface area contributed by atoms with Crippen LogP contribution < -0.4 is 11.5 Å². The molecular weight excluding hydrogens is 332 g/mol. The number of carbonyl (C=O) groups excluding carboxylic acids is 1. The Hall–Kier alpha value is -3.00. The third-order valence-corrected chi connectivity index (χ3v) is 4.72. The van der Waals surface area contributed by atoms with Gasteiger partial charge in [0.2, 0.25) is 0 Å². The smallest absolute Gasteiger partial charge is 0.361 e. The SMILES string of the molecule is CN1CCCCC1(C(=O)ON=Nc1ccc(N)nc1N)c1ccccc1. The molecule has 1 atom stereocenters. The molecule has 1 aromatic carbocycles. The zero-order valence-electron chi connectivity index (χ0n) is 14.6. The Morgan fingerprint density at radius 1 is 1.19 bits per heavy atom. The minimum Gasteiger partial charge on any atom is -0.384 e. The summed E-state index contributed by atoms with van der Waals surface area (Å²) in [6.45, 7) is 0.802. The predicted octanol–water partition coefficient (Wildman–Crippen LogP) is 2.80. The lowest BCUT2D eigenvalue weighted by atomic mass is 9.81. The van der Waals surface area contributed by atoms with E-state index in [1.807, 2.05) is 42.3 Å². The van der Waals surface area contributed by atoms with Gasteiger partial charge in [-0.2, -0.15) is 0 Å². The monoisotopic (exact) mass is 354 g/mol. The molecule has 136 valence electrons. The van der Waals surface area contributed by atoms with Crippen molar-refractivity contribution in [1.82, 2.24) is 9.88 Å². The Bertz CT molecular complexity index is 811. The highest BCUT2D eigenvalue weighted by Gasteiger charge is 2.47. The van der Waals surface area contributed by atoms with E-state index in [4.69, 9.17) is 16.3 Å². The summed E-state index contributed by atoms with van der Waals surface area (Å²) in [7, 11) is 1.92. The highest BCUT2D eigenvalue weighted by Crippen LogP contribution is 2.38. The average molecular weight is 354 g/mol. The van der Waals surface area contributed by atoms with Crippen LogP contribution in [0.1, 0.15) is 24.8 Å². The van der Waals surface area contributed by atoms with Gasteiger partial charge in [0, 0.05) is 5.28 Å². The number of nitrogens with zero attached hydrogens (tertiary/aromatic N) is 4. The van der Waals surface area contributed by atoms with Crippen LogP contribution in [0.15, 0.2) is 52.9 Å². The molecule has 0 aliphatic carbocycles. The summed E-state index contributed by atoms with van der Waals surface area (Å²) in [6.07, 6.45) is 2.63. The number of anilines is 2. The third-order valence-electron chi connectivity index (χ3n) is 4.72. The zero-order chi connectivity index (χ0) is 18.6. The van der Waals surface area contributed by atoms with Crippen molar-refractivity contribution in [2.45, 2.75) is 24.8 Å². The van der Waals surface area contributed by atoms with Crippen LogP contribution in [0.5, 0.6) is 0 Å². The topological polar surface area (TPSA) is 119 Å². The number of likely N-dealkylation sites (N-methyl/N-ethyl adjacent to an activating group) is 1. The Labute approximate surface area is 151 Å². The van der Waals surface area contributed by atoms with Gasteiger partial charge in [-0.05, 0) is 50.6 Å². The van der Waals surface area contributed by atoms with Gasteiger partial charge in [-0.15, -0.1) is 5.11 Å². The molecule has 26 heavy (non-hydrogen) atoms. The molecule has 1 saturated heterocycles. The fourth-order valence-electron chi connectivity index (χ4n) is 3.31. The number of rotatable bonds is 4. The van der Waals surface area contributed by atoms with Crippen molar-refractivity contribution in [2.75, 3.05) is 25.1 Å². The van der Waals surface area contributed by atoms with Gasteiger partial charge in [0.05, 0.1) is 0 Å². The number of hydrogen-bond acceptors (Lipinski definition) is 8. The number of nitrogens with two attached hydrogens (primary N) is 2. The van der Waals surface area contributed by atoms with Gasteiger partial charge in [0.1, 0.15) is 17.0 Å². The lowest BCUT2D eigenvalue weighted by Gasteiger charge is -2.42. The van der Waals surface area contributed by atoms with Crippen LogP contribution in [0, 0.1) is 0 Å². The summed E-state index contributed by atoms with van der Waals surface area (Å²) in [4.78, 5) is 24.0. The van der Waals surface area contributed by atoms with Gasteiger partial charge in [-0.3, -0.25) is 9.74 Å². The summed E-state index contributed by atoms with van der Waals surface area (Å²) < 4.78 is 0. The Balaban J connectivity index is 1.83. The zero-order valence-corrected chi connectivity index (χ0v) is 14.6. The first-order chi connectivity index (χ1) is 12.5. The lowest BCUT2D eigenvalue weighted by molar-refractivity contribution is -0.162. The molecule has 1 aromatic heterocycles. The number of likely N-dealkylation sites (tertiary alicyclic amines) is 1. The number of nitrogen functional groups attached to an aromatic ring is 2. The molecule has 2 heterocycles. The summed E-state index contributed by atoms with van der Waals surface area (Å²) >= 11 is 0. The molecule has 0 amide bonds. The molecule has 0 saturated carbocycles. The minimum atomic E-state index is -0.872. The maximum Gasteiger partial charge on any atom is 0.361 e. The van der Waals surface area contributed by atoms with Crippen LogP contribution >= 0.6 is 0 Å². The average Bonchev–Trinajstić information content (AvgIpc) is 2.64. The number of carbonyl (C=O) groups is 1. The van der Waals surface area contributed by atoms with Gasteiger partial charge in [-0.25, -0.2) is 9.78 Å². The van der Waals surface area contributed by atoms with E-state index in [9.17, 15) is 4.79 Å². The molecule has 0 radical (unpaired) electrons. The second kappa shape index (κ2) is 7.49. The molecule has 1 unspecified atom stereocenters. The molecule has 1 aliphatic rings. The van der Waals surface area contributed by atoms with E-state index >= 15 is 0 Å². The fourth-order valence-corrected chi connectivity index (χ4v) is 3.31. The van der Waals surface area contributed by atoms with Gasteiger partial charge in [0.15, 0.2) is 5.82 Å². The number of pyridine rings is 1. The van der Waals surface area contributed by atoms with E-state index in [2.05, 4.69) is 15.4 Å². The second-order valence-corrected chi connectivity index (χ2v) is 6.31. The van der Waals surface area contributed by atoms with Gasteiger partial charge >= 0.3 is 5.97 Å². The van der Waals surface area contributed by atoms with Gasteiger partial charge < -0.3 is 11.5 Å². The minimum absolute atomic E-state index is 0.123. The standard InChI is InChI=1S/C18H22N6O2/c1-24-12-6-5-11-18(24,13-7-3-2-4-8-13)17(25)26-23-22-14-9-10-15(19)21-16(14)20/h2-4,7-10H,5-6,11-12H2,1H3,(H4,19,20,21). The van der Waals surface area contributed by atoms with Crippen molar-refractivity contribution in [3.63, 3.8) is 0 Å². The van der Waals surface area contributed by atoms with Crippen molar-refractivity contribution in [2.24, 2.45) is 10.4 Å². The van der Waals surface area contributed by atoms with E-state index < -0.39 is 11.5 Å². The van der Waals surface area contributed by atoms with Crippen molar-refractivity contribution in [1.29, 1.82) is 0 Å². The number of hydrogen-bond donors (Lipinski definition) is 2. The second-order valence-electron chi connectivity index (χ2n) is 6.31. The molecule has 3 rings (SSSR count). The summed E-state index contributed by atoms with van der Waals surface area (Å²) in [5.41, 5.74) is 11.6. The fraction of sp³-hybridized carbons (Fsp3) is 0.333. The number of piperidine rings is 1. The summed E-state index contributed by atoms with van der Waals surface area (Å²) in [6, 6.07) is 12.7. The molecule has 8 heteroatoms. The third kappa shape index (κ3) is 3.36. The highest BCUT2D eigenvalue weighted by molar-refractivity contribution is 5.82. The van der Waals surface area contributed by atoms with E-state index in [1.165, 1.54) is 0 Å². The molecular formula is C18H22N6O2. The van der Waals surface area contributed by atoms with E-state index in [-0.39, 0.29) is 17.3 Å². The molecule has 1 aliphatic heterocycles. The van der Waals surface area contributed by atoms with Crippen LogP contribution in [0.25, 0.3) is 0 Å². The molecule has 4 N–H and O–H groups in total. The van der Waals surface area contributed by atoms with Crippen molar-refractivity contribution >= 4 is 23.3 Å². The highest BCUT2D eigenvalue weighted by atomic mass is 16.7. The normalized spacial score (nSPS) is 21.0. The largest absolute Gasteiger partial charge is 0.384 e. The quantitative estimate of drug-likeness (QED) is 0.643. The maximum absolute atomic E-state index is 13.0. The number of aromatic nitrogens is 1. The van der Waals surface area contributed by atoms with Crippen LogP contribution in [0.4, 0.5) is 17.3 Å². The lowest BCUT2D eigenvalue weighted by Crippen LogP contribution is -2.53.